The van der Waals surface area contributed by atoms with Crippen LogP contribution in [0, 0.1) is 0 Å². The summed E-state index contributed by atoms with van der Waals surface area (Å²) in [6.07, 6.45) is 86.6. The Bertz CT molecular complexity index is 1440. The van der Waals surface area contributed by atoms with Crippen LogP contribution in [0.5, 0.6) is 0 Å². The maximum atomic E-state index is 12.9. The minimum atomic E-state index is -0.775. The van der Waals surface area contributed by atoms with Gasteiger partial charge >= 0.3 is 17.9 Å². The van der Waals surface area contributed by atoms with Gasteiger partial charge in [-0.2, -0.15) is 0 Å². The molecule has 0 aliphatic carbocycles. The Morgan fingerprint density at radius 1 is 0.269 bits per heavy atom. The average Bonchev–Trinajstić information content (AvgIpc) is 3.44. The minimum Gasteiger partial charge on any atom is -0.462 e. The molecule has 0 heterocycles. The van der Waals surface area contributed by atoms with E-state index in [-0.39, 0.29) is 31.1 Å². The van der Waals surface area contributed by atoms with Crippen LogP contribution in [0.4, 0.5) is 0 Å². The molecule has 0 N–H and O–H groups in total. The number of carbonyl (C=O) groups is 3. The molecule has 0 rings (SSSR count). The minimum absolute atomic E-state index is 0.0732. The number of hydrogen-bond donors (Lipinski definition) is 0. The first-order valence-corrected chi connectivity index (χ1v) is 33.9. The molecule has 0 bridgehead atoms. The summed E-state index contributed by atoms with van der Waals surface area (Å²) in [7, 11) is 0. The van der Waals surface area contributed by atoms with Gasteiger partial charge in [0, 0.05) is 19.3 Å². The van der Waals surface area contributed by atoms with Crippen LogP contribution >= 0.6 is 0 Å². The third-order valence-corrected chi connectivity index (χ3v) is 14.9. The Kier molecular flexibility index (Phi) is 63.7. The Labute approximate surface area is 484 Å². The van der Waals surface area contributed by atoms with E-state index in [2.05, 4.69) is 93.7 Å². The Balaban J connectivity index is 4.06. The lowest BCUT2D eigenvalue weighted by Crippen LogP contribution is -2.30. The smallest absolute Gasteiger partial charge is 0.306 e. The van der Waals surface area contributed by atoms with E-state index >= 15 is 0 Å². The summed E-state index contributed by atoms with van der Waals surface area (Å²) in [5, 5.41) is 0. The van der Waals surface area contributed by atoms with Crippen LogP contribution in [0.15, 0.2) is 72.9 Å². The van der Waals surface area contributed by atoms with Crippen molar-refractivity contribution < 1.29 is 28.6 Å². The number of unbranched alkanes of at least 4 members (excludes halogenated alkanes) is 39. The number of carbonyl (C=O) groups excluding carboxylic acids is 3. The van der Waals surface area contributed by atoms with Crippen molar-refractivity contribution in [3.63, 3.8) is 0 Å². The predicted molar refractivity (Wildman–Crippen MR) is 339 cm³/mol. The SMILES string of the molecule is CC/C=C\C/C=C\C/C=C\C/C=C\CCCCCCCCCCCCCCCCCCCCCCC(=O)OCC(COC(=O)CCCCCCCCCCC)OC(=O)CCCCCCCCC/C=C\C/C=C\CCCCCC. The first-order valence-electron chi connectivity index (χ1n) is 33.9. The van der Waals surface area contributed by atoms with Crippen LogP contribution in [-0.4, -0.2) is 37.2 Å². The number of hydrogen-bond acceptors (Lipinski definition) is 6. The summed E-state index contributed by atoms with van der Waals surface area (Å²) in [5.41, 5.74) is 0. The van der Waals surface area contributed by atoms with Crippen LogP contribution in [-0.2, 0) is 28.6 Å². The molecule has 78 heavy (non-hydrogen) atoms. The van der Waals surface area contributed by atoms with Gasteiger partial charge in [0.1, 0.15) is 13.2 Å². The van der Waals surface area contributed by atoms with Crippen molar-refractivity contribution in [3.05, 3.63) is 72.9 Å². The molecule has 1 atom stereocenters. The van der Waals surface area contributed by atoms with Gasteiger partial charge in [-0.05, 0) is 89.9 Å². The molecule has 6 heteroatoms. The molecule has 0 aromatic carbocycles. The van der Waals surface area contributed by atoms with Crippen molar-refractivity contribution in [2.24, 2.45) is 0 Å². The first-order chi connectivity index (χ1) is 38.5. The molecule has 0 aliphatic rings. The van der Waals surface area contributed by atoms with Crippen LogP contribution in [0.1, 0.15) is 348 Å². The van der Waals surface area contributed by atoms with Gasteiger partial charge in [-0.3, -0.25) is 14.4 Å². The summed E-state index contributed by atoms with van der Waals surface area (Å²) < 4.78 is 16.9. The van der Waals surface area contributed by atoms with Crippen molar-refractivity contribution >= 4 is 17.9 Å². The molecule has 0 aliphatic heterocycles. The molecular formula is C72H128O6. The van der Waals surface area contributed by atoms with Gasteiger partial charge < -0.3 is 14.2 Å². The van der Waals surface area contributed by atoms with Gasteiger partial charge in [-0.25, -0.2) is 0 Å². The number of allylic oxidation sites excluding steroid dienone is 12. The lowest BCUT2D eigenvalue weighted by molar-refractivity contribution is -0.167. The van der Waals surface area contributed by atoms with Crippen LogP contribution in [0.3, 0.4) is 0 Å². The highest BCUT2D eigenvalue weighted by Crippen LogP contribution is 2.18. The van der Waals surface area contributed by atoms with E-state index in [1.165, 1.54) is 212 Å². The molecule has 0 aromatic heterocycles. The topological polar surface area (TPSA) is 78.9 Å². The van der Waals surface area contributed by atoms with Crippen molar-refractivity contribution in [1.29, 1.82) is 0 Å². The zero-order chi connectivity index (χ0) is 56.4. The summed E-state index contributed by atoms with van der Waals surface area (Å²) in [6.45, 7) is 6.53. The van der Waals surface area contributed by atoms with Gasteiger partial charge in [0.15, 0.2) is 6.10 Å². The van der Waals surface area contributed by atoms with Crippen LogP contribution in [0.2, 0.25) is 0 Å². The monoisotopic (exact) mass is 1090 g/mol. The molecular weight excluding hydrogens is 961 g/mol. The Hall–Kier alpha value is -3.15. The van der Waals surface area contributed by atoms with E-state index in [0.717, 1.165) is 96.3 Å². The maximum absolute atomic E-state index is 12.9. The van der Waals surface area contributed by atoms with Crippen molar-refractivity contribution in [2.45, 2.75) is 354 Å². The molecule has 6 nitrogen and oxygen atoms in total. The molecule has 0 saturated heterocycles. The van der Waals surface area contributed by atoms with Crippen LogP contribution < -0.4 is 0 Å². The summed E-state index contributed by atoms with van der Waals surface area (Å²) in [5.74, 6) is -0.865. The molecule has 0 amide bonds. The summed E-state index contributed by atoms with van der Waals surface area (Å²) in [4.78, 5) is 38.2. The second-order valence-corrected chi connectivity index (χ2v) is 22.7. The second kappa shape index (κ2) is 66.4. The quantitative estimate of drug-likeness (QED) is 0.0261. The zero-order valence-electron chi connectivity index (χ0n) is 51.9. The van der Waals surface area contributed by atoms with E-state index in [9.17, 15) is 14.4 Å². The fraction of sp³-hybridized carbons (Fsp3) is 0.792. The zero-order valence-corrected chi connectivity index (χ0v) is 51.9. The van der Waals surface area contributed by atoms with Gasteiger partial charge in [0.25, 0.3) is 0 Å². The van der Waals surface area contributed by atoms with Crippen molar-refractivity contribution in [2.75, 3.05) is 13.2 Å². The van der Waals surface area contributed by atoms with E-state index in [4.69, 9.17) is 14.2 Å². The molecule has 0 radical (unpaired) electrons. The van der Waals surface area contributed by atoms with Gasteiger partial charge in [0.05, 0.1) is 0 Å². The first kappa shape index (κ1) is 74.8. The number of esters is 3. The molecule has 0 saturated carbocycles. The fourth-order valence-electron chi connectivity index (χ4n) is 9.88. The number of rotatable bonds is 62. The average molecular weight is 1090 g/mol. The van der Waals surface area contributed by atoms with E-state index in [1.54, 1.807) is 0 Å². The van der Waals surface area contributed by atoms with Gasteiger partial charge in [0.2, 0.25) is 0 Å². The second-order valence-electron chi connectivity index (χ2n) is 22.7. The van der Waals surface area contributed by atoms with Crippen LogP contribution in [0.25, 0.3) is 0 Å². The largest absolute Gasteiger partial charge is 0.462 e. The normalized spacial score (nSPS) is 12.5. The molecule has 1 unspecified atom stereocenters. The van der Waals surface area contributed by atoms with Crippen molar-refractivity contribution in [3.8, 4) is 0 Å². The van der Waals surface area contributed by atoms with Crippen molar-refractivity contribution in [1.82, 2.24) is 0 Å². The van der Waals surface area contributed by atoms with Gasteiger partial charge in [-0.15, -0.1) is 0 Å². The molecule has 0 aromatic rings. The summed E-state index contributed by atoms with van der Waals surface area (Å²) >= 11 is 0. The lowest BCUT2D eigenvalue weighted by atomic mass is 10.0. The third kappa shape index (κ3) is 63.7. The Morgan fingerprint density at radius 2 is 0.500 bits per heavy atom. The molecule has 452 valence electrons. The highest BCUT2D eigenvalue weighted by atomic mass is 16.6. The summed E-state index contributed by atoms with van der Waals surface area (Å²) in [6, 6.07) is 0. The molecule has 0 spiro atoms. The predicted octanol–water partition coefficient (Wildman–Crippen LogP) is 23.3. The third-order valence-electron chi connectivity index (χ3n) is 14.9. The Morgan fingerprint density at radius 3 is 0.795 bits per heavy atom. The maximum Gasteiger partial charge on any atom is 0.306 e. The van der Waals surface area contributed by atoms with E-state index in [1.807, 2.05) is 0 Å². The lowest BCUT2D eigenvalue weighted by Gasteiger charge is -2.18. The highest BCUT2D eigenvalue weighted by molar-refractivity contribution is 5.71. The van der Waals surface area contributed by atoms with E-state index in [0.29, 0.717) is 19.3 Å². The van der Waals surface area contributed by atoms with Gasteiger partial charge in [-0.1, -0.05) is 312 Å². The van der Waals surface area contributed by atoms with E-state index < -0.39 is 6.10 Å². The molecule has 0 fully saturated rings. The number of ether oxygens (including phenoxy) is 3. The highest BCUT2D eigenvalue weighted by Gasteiger charge is 2.19. The standard InChI is InChI=1S/C72H128O6/c1-4-7-10-13-16-19-21-23-25-27-29-30-31-32-33-34-35-36-37-38-39-40-41-42-43-45-46-48-50-53-56-59-62-65-71(74)77-68-69(67-76-70(73)64-61-58-55-52-18-15-12-9-6-3)78-72(75)66-63-60-57-54-51-49-47-44-28-26-24-22-20-17-14-11-8-5-2/h7,10,16,19-20,22-23,25-26,28-30,69H,4-6,8-9,11-15,17-18,21,24,27,31-68H2,1-3H3/b10-7-,19-16-,22-20-,25-23-,28-26-,30-29-. The fourth-order valence-corrected chi connectivity index (χ4v) is 9.88.